The molecule has 5 nitrogen and oxygen atoms in total. The summed E-state index contributed by atoms with van der Waals surface area (Å²) in [6.07, 6.45) is 4.14. The second kappa shape index (κ2) is 7.33. The summed E-state index contributed by atoms with van der Waals surface area (Å²) in [5.41, 5.74) is 2.16. The highest BCUT2D eigenvalue weighted by atomic mass is 16.1. The van der Waals surface area contributed by atoms with Gasteiger partial charge in [0, 0.05) is 24.8 Å². The average molecular weight is 310 g/mol. The Hall–Kier alpha value is -2.27. The van der Waals surface area contributed by atoms with Crippen LogP contribution in [-0.2, 0) is 0 Å². The van der Waals surface area contributed by atoms with Gasteiger partial charge in [-0.1, -0.05) is 30.3 Å². The van der Waals surface area contributed by atoms with E-state index in [1.165, 1.54) is 12.8 Å². The normalized spacial score (nSPS) is 14.8. The monoisotopic (exact) mass is 310 g/mol. The van der Waals surface area contributed by atoms with E-state index in [4.69, 9.17) is 0 Å². The lowest BCUT2D eigenvalue weighted by molar-refractivity contribution is 0.0949. The topological polar surface area (TPSA) is 58.1 Å². The number of rotatable bonds is 5. The molecule has 0 spiro atoms. The van der Waals surface area contributed by atoms with Gasteiger partial charge in [-0.3, -0.25) is 4.79 Å². The van der Waals surface area contributed by atoms with Crippen molar-refractivity contribution in [2.45, 2.75) is 19.8 Å². The zero-order valence-electron chi connectivity index (χ0n) is 13.5. The molecule has 1 aromatic heterocycles. The summed E-state index contributed by atoms with van der Waals surface area (Å²) < 4.78 is 0. The zero-order valence-corrected chi connectivity index (χ0v) is 13.5. The first kappa shape index (κ1) is 15.6. The van der Waals surface area contributed by atoms with Crippen LogP contribution < -0.4 is 5.32 Å². The Morgan fingerprint density at radius 1 is 1.22 bits per heavy atom. The Morgan fingerprint density at radius 2 is 1.96 bits per heavy atom. The summed E-state index contributed by atoms with van der Waals surface area (Å²) >= 11 is 0. The SMILES string of the molecule is Cc1ncc(C(=O)NCCN2CCCC2)c(-c2ccccc2)n1. The van der Waals surface area contributed by atoms with E-state index in [2.05, 4.69) is 20.2 Å². The molecule has 3 rings (SSSR count). The summed E-state index contributed by atoms with van der Waals surface area (Å²) in [6, 6.07) is 9.77. The lowest BCUT2D eigenvalue weighted by Gasteiger charge is -2.15. The van der Waals surface area contributed by atoms with Crippen LogP contribution in [0.5, 0.6) is 0 Å². The van der Waals surface area contributed by atoms with E-state index in [1.807, 2.05) is 37.3 Å². The quantitative estimate of drug-likeness (QED) is 0.920. The van der Waals surface area contributed by atoms with Crippen LogP contribution in [0.4, 0.5) is 0 Å². The minimum atomic E-state index is -0.108. The van der Waals surface area contributed by atoms with Crippen molar-refractivity contribution in [2.75, 3.05) is 26.2 Å². The molecular weight excluding hydrogens is 288 g/mol. The zero-order chi connectivity index (χ0) is 16.1. The van der Waals surface area contributed by atoms with Crippen LogP contribution in [0.2, 0.25) is 0 Å². The number of likely N-dealkylation sites (tertiary alicyclic amines) is 1. The van der Waals surface area contributed by atoms with E-state index >= 15 is 0 Å². The maximum Gasteiger partial charge on any atom is 0.255 e. The highest BCUT2D eigenvalue weighted by Crippen LogP contribution is 2.20. The van der Waals surface area contributed by atoms with E-state index < -0.39 is 0 Å². The number of benzene rings is 1. The van der Waals surface area contributed by atoms with Gasteiger partial charge in [-0.2, -0.15) is 0 Å². The molecule has 0 atom stereocenters. The van der Waals surface area contributed by atoms with Crippen LogP contribution >= 0.6 is 0 Å². The van der Waals surface area contributed by atoms with E-state index in [0.717, 1.165) is 25.2 Å². The Kier molecular flexibility index (Phi) is 4.98. The number of amides is 1. The molecule has 1 aliphatic rings. The predicted molar refractivity (Wildman–Crippen MR) is 90.2 cm³/mol. The summed E-state index contributed by atoms with van der Waals surface area (Å²) in [5.74, 6) is 0.556. The van der Waals surface area contributed by atoms with Crippen molar-refractivity contribution in [3.63, 3.8) is 0 Å². The minimum absolute atomic E-state index is 0.108. The fourth-order valence-corrected chi connectivity index (χ4v) is 2.88. The van der Waals surface area contributed by atoms with Gasteiger partial charge in [0.2, 0.25) is 0 Å². The Labute approximate surface area is 136 Å². The molecule has 120 valence electrons. The first-order valence-corrected chi connectivity index (χ1v) is 8.13. The van der Waals surface area contributed by atoms with Crippen LogP contribution in [0, 0.1) is 6.92 Å². The number of hydrogen-bond donors (Lipinski definition) is 1. The third kappa shape index (κ3) is 3.93. The molecule has 0 aliphatic carbocycles. The molecule has 0 radical (unpaired) electrons. The molecule has 23 heavy (non-hydrogen) atoms. The first-order valence-electron chi connectivity index (χ1n) is 8.13. The lowest BCUT2D eigenvalue weighted by Crippen LogP contribution is -2.33. The highest BCUT2D eigenvalue weighted by Gasteiger charge is 2.16. The molecule has 1 amide bonds. The fourth-order valence-electron chi connectivity index (χ4n) is 2.88. The van der Waals surface area contributed by atoms with Crippen molar-refractivity contribution in [1.82, 2.24) is 20.2 Å². The lowest BCUT2D eigenvalue weighted by atomic mass is 10.1. The Bertz CT molecular complexity index is 666. The largest absolute Gasteiger partial charge is 0.351 e. The fraction of sp³-hybridized carbons (Fsp3) is 0.389. The Morgan fingerprint density at radius 3 is 2.70 bits per heavy atom. The molecule has 0 bridgehead atoms. The molecule has 1 aliphatic heterocycles. The molecule has 5 heteroatoms. The summed E-state index contributed by atoms with van der Waals surface area (Å²) in [5, 5.41) is 2.99. The van der Waals surface area contributed by atoms with Crippen molar-refractivity contribution in [3.05, 3.63) is 47.9 Å². The highest BCUT2D eigenvalue weighted by molar-refractivity contribution is 5.99. The standard InChI is InChI=1S/C18H22N4O/c1-14-20-13-16(17(21-14)15-7-3-2-4-8-15)18(23)19-9-12-22-10-5-6-11-22/h2-4,7-8,13H,5-6,9-12H2,1H3,(H,19,23). The second-order valence-corrected chi connectivity index (χ2v) is 5.85. The maximum absolute atomic E-state index is 12.5. The van der Waals surface area contributed by atoms with Gasteiger partial charge in [0.25, 0.3) is 5.91 Å². The number of nitrogens with one attached hydrogen (secondary N) is 1. The molecule has 1 aromatic carbocycles. The number of hydrogen-bond acceptors (Lipinski definition) is 4. The van der Waals surface area contributed by atoms with Crippen molar-refractivity contribution in [1.29, 1.82) is 0 Å². The predicted octanol–water partition coefficient (Wildman–Crippen LogP) is 2.28. The van der Waals surface area contributed by atoms with Crippen LogP contribution in [0.15, 0.2) is 36.5 Å². The molecular formula is C18H22N4O. The number of aromatic nitrogens is 2. The molecule has 1 fully saturated rings. The van der Waals surface area contributed by atoms with Gasteiger partial charge in [-0.25, -0.2) is 9.97 Å². The molecule has 1 N–H and O–H groups in total. The van der Waals surface area contributed by atoms with Crippen LogP contribution in [0.25, 0.3) is 11.3 Å². The van der Waals surface area contributed by atoms with E-state index in [9.17, 15) is 4.79 Å². The van der Waals surface area contributed by atoms with E-state index in [1.54, 1.807) is 6.20 Å². The Balaban J connectivity index is 1.72. The van der Waals surface area contributed by atoms with Crippen molar-refractivity contribution < 1.29 is 4.79 Å². The summed E-state index contributed by atoms with van der Waals surface area (Å²) in [6.45, 7) is 5.67. The second-order valence-electron chi connectivity index (χ2n) is 5.85. The number of carbonyl (C=O) groups is 1. The number of aryl methyl sites for hydroxylation is 1. The molecule has 0 saturated carbocycles. The number of nitrogens with zero attached hydrogens (tertiary/aromatic N) is 3. The van der Waals surface area contributed by atoms with Gasteiger partial charge >= 0.3 is 0 Å². The van der Waals surface area contributed by atoms with Gasteiger partial charge < -0.3 is 10.2 Å². The maximum atomic E-state index is 12.5. The van der Waals surface area contributed by atoms with Crippen molar-refractivity contribution >= 4 is 5.91 Å². The average Bonchev–Trinajstić information content (AvgIpc) is 3.09. The van der Waals surface area contributed by atoms with Gasteiger partial charge in [0.15, 0.2) is 0 Å². The summed E-state index contributed by atoms with van der Waals surface area (Å²) in [4.78, 5) is 23.6. The molecule has 2 aromatic rings. The molecule has 2 heterocycles. The summed E-state index contributed by atoms with van der Waals surface area (Å²) in [7, 11) is 0. The molecule has 0 unspecified atom stereocenters. The van der Waals surface area contributed by atoms with E-state index in [0.29, 0.717) is 23.6 Å². The minimum Gasteiger partial charge on any atom is -0.351 e. The third-order valence-electron chi connectivity index (χ3n) is 4.11. The first-order chi connectivity index (χ1) is 11.2. The van der Waals surface area contributed by atoms with Crippen LogP contribution in [0.3, 0.4) is 0 Å². The molecule has 1 saturated heterocycles. The van der Waals surface area contributed by atoms with Crippen LogP contribution in [-0.4, -0.2) is 47.0 Å². The third-order valence-corrected chi connectivity index (χ3v) is 4.11. The van der Waals surface area contributed by atoms with Gasteiger partial charge in [-0.05, 0) is 32.9 Å². The van der Waals surface area contributed by atoms with Gasteiger partial charge in [-0.15, -0.1) is 0 Å². The number of carbonyl (C=O) groups excluding carboxylic acids is 1. The smallest absolute Gasteiger partial charge is 0.255 e. The van der Waals surface area contributed by atoms with Gasteiger partial charge in [0.1, 0.15) is 5.82 Å². The van der Waals surface area contributed by atoms with Gasteiger partial charge in [0.05, 0.1) is 11.3 Å². The van der Waals surface area contributed by atoms with Crippen molar-refractivity contribution in [2.24, 2.45) is 0 Å². The van der Waals surface area contributed by atoms with E-state index in [-0.39, 0.29) is 5.91 Å². The van der Waals surface area contributed by atoms with Crippen LogP contribution in [0.1, 0.15) is 29.0 Å². The van der Waals surface area contributed by atoms with Crippen molar-refractivity contribution in [3.8, 4) is 11.3 Å².